The minimum Gasteiger partial charge on any atom is -0.336 e. The number of sulfonamides is 1. The average Bonchev–Trinajstić information content (AvgIpc) is 2.84. The first kappa shape index (κ1) is 22.4. The highest BCUT2D eigenvalue weighted by molar-refractivity contribution is 7.89. The van der Waals surface area contributed by atoms with Crippen molar-refractivity contribution in [3.8, 4) is 11.3 Å². The molecule has 0 bridgehead atoms. The summed E-state index contributed by atoms with van der Waals surface area (Å²) in [6, 6.07) is 17.5. The Labute approximate surface area is 189 Å². The van der Waals surface area contributed by atoms with Crippen LogP contribution in [0, 0.1) is 10.1 Å². The lowest BCUT2D eigenvalue weighted by molar-refractivity contribution is -0.387. The first-order chi connectivity index (χ1) is 15.8. The van der Waals surface area contributed by atoms with Crippen LogP contribution in [0.15, 0.2) is 76.4 Å². The fraction of sp³-hybridized carbons (Fsp3) is 0.182. The molecule has 1 aromatic heterocycles. The summed E-state index contributed by atoms with van der Waals surface area (Å²) < 4.78 is 27.0. The normalized spacial score (nSPS) is 14.7. The summed E-state index contributed by atoms with van der Waals surface area (Å²) in [6.45, 7) is 0.0252. The van der Waals surface area contributed by atoms with E-state index in [1.54, 1.807) is 6.07 Å². The van der Waals surface area contributed by atoms with Gasteiger partial charge in [0.05, 0.1) is 4.92 Å². The molecule has 2 heterocycles. The van der Waals surface area contributed by atoms with Crippen LogP contribution in [0.3, 0.4) is 0 Å². The monoisotopic (exact) mass is 468 g/mol. The number of aromatic nitrogens is 1. The number of para-hydroxylation sites is 1. The summed E-state index contributed by atoms with van der Waals surface area (Å²) in [5.41, 5.74) is 0.321. The van der Waals surface area contributed by atoms with E-state index < -0.39 is 32.1 Å². The Bertz CT molecular complexity index is 1360. The standard InChI is InChI=1S/C22H20N4O6S/c27-21-17(10-11-18(23-21)16-6-2-1-3-7-16)22(28)24-12-14-25(15-13-24)33(31,32)20-9-5-4-8-19(20)26(29)30/h1-11H,12-15H2,(H,23,27). The number of hydrogen-bond donors (Lipinski definition) is 1. The first-order valence-corrected chi connectivity index (χ1v) is 11.5. The van der Waals surface area contributed by atoms with E-state index in [1.807, 2.05) is 30.3 Å². The molecular weight excluding hydrogens is 448 g/mol. The van der Waals surface area contributed by atoms with Crippen molar-refractivity contribution in [1.82, 2.24) is 14.2 Å². The third kappa shape index (κ3) is 4.41. The molecule has 0 aliphatic carbocycles. The molecule has 3 aromatic rings. The highest BCUT2D eigenvalue weighted by Crippen LogP contribution is 2.27. The zero-order valence-electron chi connectivity index (χ0n) is 17.4. The van der Waals surface area contributed by atoms with Gasteiger partial charge in [0.1, 0.15) is 5.56 Å². The van der Waals surface area contributed by atoms with E-state index in [0.29, 0.717) is 5.69 Å². The second-order valence-electron chi connectivity index (χ2n) is 7.40. The van der Waals surface area contributed by atoms with Crippen molar-refractivity contribution in [2.75, 3.05) is 26.2 Å². The molecule has 0 saturated carbocycles. The molecule has 1 N–H and O–H groups in total. The van der Waals surface area contributed by atoms with Crippen LogP contribution in [0.2, 0.25) is 0 Å². The summed E-state index contributed by atoms with van der Waals surface area (Å²) in [6.07, 6.45) is 0. The van der Waals surface area contributed by atoms with E-state index in [1.165, 1.54) is 29.2 Å². The maximum atomic E-state index is 12.9. The average molecular weight is 468 g/mol. The van der Waals surface area contributed by atoms with Gasteiger partial charge < -0.3 is 9.88 Å². The molecule has 1 aliphatic heterocycles. The topological polar surface area (TPSA) is 134 Å². The minimum atomic E-state index is -4.11. The quantitative estimate of drug-likeness (QED) is 0.450. The van der Waals surface area contributed by atoms with E-state index in [-0.39, 0.29) is 36.6 Å². The zero-order chi connectivity index (χ0) is 23.6. The predicted molar refractivity (Wildman–Crippen MR) is 120 cm³/mol. The lowest BCUT2D eigenvalue weighted by Crippen LogP contribution is -2.51. The minimum absolute atomic E-state index is 0.0373. The summed E-state index contributed by atoms with van der Waals surface area (Å²) in [4.78, 5) is 39.6. The Morgan fingerprint density at radius 3 is 2.18 bits per heavy atom. The van der Waals surface area contributed by atoms with Gasteiger partial charge in [-0.25, -0.2) is 8.42 Å². The van der Waals surface area contributed by atoms with Crippen LogP contribution in [0.4, 0.5) is 5.69 Å². The van der Waals surface area contributed by atoms with Gasteiger partial charge >= 0.3 is 0 Å². The van der Waals surface area contributed by atoms with E-state index in [9.17, 15) is 28.1 Å². The van der Waals surface area contributed by atoms with Crippen LogP contribution in [-0.4, -0.2) is 59.6 Å². The number of nitrogens with one attached hydrogen (secondary N) is 1. The third-order valence-corrected chi connectivity index (χ3v) is 7.38. The number of rotatable bonds is 5. The molecule has 0 atom stereocenters. The number of piperazine rings is 1. The van der Waals surface area contributed by atoms with Gasteiger partial charge in [0, 0.05) is 37.9 Å². The van der Waals surface area contributed by atoms with Crippen molar-refractivity contribution in [3.05, 3.63) is 92.8 Å². The molecule has 10 nitrogen and oxygen atoms in total. The third-order valence-electron chi connectivity index (χ3n) is 5.43. The number of nitro benzene ring substituents is 1. The van der Waals surface area contributed by atoms with Crippen molar-refractivity contribution in [2.24, 2.45) is 0 Å². The van der Waals surface area contributed by atoms with Crippen molar-refractivity contribution in [1.29, 1.82) is 0 Å². The van der Waals surface area contributed by atoms with E-state index >= 15 is 0 Å². The summed E-state index contributed by atoms with van der Waals surface area (Å²) in [5, 5.41) is 11.2. The molecule has 0 radical (unpaired) electrons. The number of amides is 1. The van der Waals surface area contributed by atoms with Crippen LogP contribution < -0.4 is 5.56 Å². The van der Waals surface area contributed by atoms with Gasteiger partial charge in [-0.15, -0.1) is 0 Å². The van der Waals surface area contributed by atoms with Crippen molar-refractivity contribution < 1.29 is 18.1 Å². The fourth-order valence-corrected chi connectivity index (χ4v) is 5.27. The molecule has 1 fully saturated rings. The van der Waals surface area contributed by atoms with Gasteiger partial charge in [0.2, 0.25) is 10.0 Å². The Balaban J connectivity index is 1.49. The van der Waals surface area contributed by atoms with Gasteiger partial charge in [-0.05, 0) is 23.8 Å². The smallest absolute Gasteiger partial charge is 0.289 e. The first-order valence-electron chi connectivity index (χ1n) is 10.1. The molecule has 170 valence electrons. The number of hydrogen-bond acceptors (Lipinski definition) is 6. The molecule has 2 aromatic carbocycles. The summed E-state index contributed by atoms with van der Waals surface area (Å²) in [5.74, 6) is -0.501. The second-order valence-corrected chi connectivity index (χ2v) is 9.31. The lowest BCUT2D eigenvalue weighted by atomic mass is 10.1. The predicted octanol–water partition coefficient (Wildman–Crippen LogP) is 2.10. The number of aromatic amines is 1. The molecule has 33 heavy (non-hydrogen) atoms. The number of H-pyrrole nitrogens is 1. The number of benzene rings is 2. The van der Waals surface area contributed by atoms with Crippen LogP contribution >= 0.6 is 0 Å². The van der Waals surface area contributed by atoms with Crippen molar-refractivity contribution >= 4 is 21.6 Å². The second kappa shape index (κ2) is 8.96. The number of pyridine rings is 1. The number of carbonyl (C=O) groups excluding carboxylic acids is 1. The Morgan fingerprint density at radius 1 is 0.909 bits per heavy atom. The van der Waals surface area contributed by atoms with Crippen LogP contribution in [0.25, 0.3) is 11.3 Å². The molecule has 1 aliphatic rings. The molecule has 4 rings (SSSR count). The SMILES string of the molecule is O=C(c1ccc(-c2ccccc2)[nH]c1=O)N1CCN(S(=O)(=O)c2ccccc2[N+](=O)[O-])CC1. The fourth-order valence-electron chi connectivity index (χ4n) is 3.70. The Morgan fingerprint density at radius 2 is 1.55 bits per heavy atom. The van der Waals surface area contributed by atoms with Gasteiger partial charge in [-0.3, -0.25) is 19.7 Å². The van der Waals surface area contributed by atoms with Gasteiger partial charge in [-0.2, -0.15) is 4.31 Å². The van der Waals surface area contributed by atoms with Crippen molar-refractivity contribution in [2.45, 2.75) is 4.90 Å². The Kier molecular flexibility index (Phi) is 6.07. The highest BCUT2D eigenvalue weighted by atomic mass is 32.2. The molecule has 11 heteroatoms. The lowest BCUT2D eigenvalue weighted by Gasteiger charge is -2.33. The summed E-state index contributed by atoms with van der Waals surface area (Å²) in [7, 11) is -4.11. The maximum absolute atomic E-state index is 12.9. The molecule has 1 saturated heterocycles. The number of nitro groups is 1. The highest BCUT2D eigenvalue weighted by Gasteiger charge is 2.34. The number of carbonyl (C=O) groups is 1. The van der Waals surface area contributed by atoms with Gasteiger partial charge in [0.25, 0.3) is 17.2 Å². The molecule has 0 unspecified atom stereocenters. The van der Waals surface area contributed by atoms with Gasteiger partial charge in [-0.1, -0.05) is 42.5 Å². The largest absolute Gasteiger partial charge is 0.336 e. The zero-order valence-corrected chi connectivity index (χ0v) is 18.2. The van der Waals surface area contributed by atoms with E-state index in [4.69, 9.17) is 0 Å². The van der Waals surface area contributed by atoms with Crippen LogP contribution in [-0.2, 0) is 10.0 Å². The van der Waals surface area contributed by atoms with E-state index in [0.717, 1.165) is 15.9 Å². The van der Waals surface area contributed by atoms with Crippen molar-refractivity contribution in [3.63, 3.8) is 0 Å². The Hall–Kier alpha value is -3.83. The van der Waals surface area contributed by atoms with Gasteiger partial charge in [0.15, 0.2) is 4.90 Å². The molecule has 1 amide bonds. The molecular formula is C22H20N4O6S. The summed E-state index contributed by atoms with van der Waals surface area (Å²) >= 11 is 0. The van der Waals surface area contributed by atoms with E-state index in [2.05, 4.69) is 4.98 Å². The van der Waals surface area contributed by atoms with Crippen LogP contribution in [0.1, 0.15) is 10.4 Å². The number of nitrogens with zero attached hydrogens (tertiary/aromatic N) is 3. The maximum Gasteiger partial charge on any atom is 0.289 e. The van der Waals surface area contributed by atoms with Crippen LogP contribution in [0.5, 0.6) is 0 Å². The molecule has 0 spiro atoms.